The van der Waals surface area contributed by atoms with Gasteiger partial charge in [0, 0.05) is 6.04 Å². The lowest BCUT2D eigenvalue weighted by Crippen LogP contribution is -2.15. The van der Waals surface area contributed by atoms with Gasteiger partial charge in [0.15, 0.2) is 0 Å². The minimum Gasteiger partial charge on any atom is -0.352 e. The fourth-order valence-electron chi connectivity index (χ4n) is 0.886. The maximum Gasteiger partial charge on any atom is 0.253 e. The van der Waals surface area contributed by atoms with Crippen LogP contribution in [-0.2, 0) is 4.84 Å². The Labute approximate surface area is 87.0 Å². The van der Waals surface area contributed by atoms with E-state index >= 15 is 0 Å². The molecule has 0 radical (unpaired) electrons. The van der Waals surface area contributed by atoms with Crippen molar-refractivity contribution in [2.75, 3.05) is 23.4 Å². The number of anilines is 3. The lowest BCUT2D eigenvalue weighted by Gasteiger charge is -2.10. The van der Waals surface area contributed by atoms with E-state index in [2.05, 4.69) is 30.6 Å². The summed E-state index contributed by atoms with van der Waals surface area (Å²) in [7, 11) is 1.44. The molecule has 0 bridgehead atoms. The van der Waals surface area contributed by atoms with Crippen LogP contribution in [0.25, 0.3) is 0 Å². The normalized spacial score (nSPS) is 10.2. The molecule has 8 nitrogen and oxygen atoms in total. The zero-order valence-corrected chi connectivity index (χ0v) is 8.77. The predicted octanol–water partition coefficient (Wildman–Crippen LogP) is 0.466. The largest absolute Gasteiger partial charge is 0.352 e. The molecule has 0 spiro atoms. The molecule has 0 fully saturated rings. The van der Waals surface area contributed by atoms with Gasteiger partial charge < -0.3 is 5.32 Å². The third-order valence-corrected chi connectivity index (χ3v) is 1.35. The van der Waals surface area contributed by atoms with Gasteiger partial charge in [0.2, 0.25) is 5.95 Å². The van der Waals surface area contributed by atoms with E-state index in [1.165, 1.54) is 7.11 Å². The van der Waals surface area contributed by atoms with E-state index in [4.69, 9.17) is 5.21 Å². The lowest BCUT2D eigenvalue weighted by molar-refractivity contribution is 0.266. The molecular weight excluding hydrogens is 200 g/mol. The highest BCUT2D eigenvalue weighted by molar-refractivity contribution is 5.40. The van der Waals surface area contributed by atoms with Gasteiger partial charge in [-0.15, -0.1) is 0 Å². The maximum absolute atomic E-state index is 8.69. The lowest BCUT2D eigenvalue weighted by atomic mass is 10.4. The molecule has 1 aromatic rings. The molecule has 0 aromatic carbocycles. The van der Waals surface area contributed by atoms with Crippen LogP contribution in [0.2, 0.25) is 0 Å². The third-order valence-electron chi connectivity index (χ3n) is 1.35. The second kappa shape index (κ2) is 5.27. The molecule has 0 atom stereocenters. The molecule has 84 valence electrons. The first-order valence-electron chi connectivity index (χ1n) is 4.37. The molecule has 0 aliphatic rings. The molecule has 0 amide bonds. The highest BCUT2D eigenvalue weighted by Crippen LogP contribution is 2.09. The Morgan fingerprint density at radius 3 is 2.27 bits per heavy atom. The van der Waals surface area contributed by atoms with Crippen molar-refractivity contribution in [1.29, 1.82) is 0 Å². The highest BCUT2D eigenvalue weighted by Gasteiger charge is 2.06. The molecule has 0 aliphatic carbocycles. The van der Waals surface area contributed by atoms with Crippen molar-refractivity contribution in [3.05, 3.63) is 0 Å². The number of aromatic nitrogens is 3. The van der Waals surface area contributed by atoms with Crippen molar-refractivity contribution in [1.82, 2.24) is 15.0 Å². The average Bonchev–Trinajstić information content (AvgIpc) is 2.16. The summed E-state index contributed by atoms with van der Waals surface area (Å²) < 4.78 is 0. The first kappa shape index (κ1) is 11.4. The van der Waals surface area contributed by atoms with Gasteiger partial charge >= 0.3 is 0 Å². The summed E-state index contributed by atoms with van der Waals surface area (Å²) in [4.78, 5) is 16.3. The Hall–Kier alpha value is -1.67. The summed E-state index contributed by atoms with van der Waals surface area (Å²) in [5, 5.41) is 11.7. The van der Waals surface area contributed by atoms with Crippen LogP contribution in [0.4, 0.5) is 17.8 Å². The fourth-order valence-corrected chi connectivity index (χ4v) is 0.886. The molecule has 15 heavy (non-hydrogen) atoms. The second-order valence-electron chi connectivity index (χ2n) is 3.02. The highest BCUT2D eigenvalue weighted by atomic mass is 16.6. The van der Waals surface area contributed by atoms with Gasteiger partial charge in [-0.2, -0.15) is 15.0 Å². The van der Waals surface area contributed by atoms with Gasteiger partial charge in [-0.05, 0) is 13.8 Å². The zero-order chi connectivity index (χ0) is 11.3. The van der Waals surface area contributed by atoms with Crippen LogP contribution in [0.1, 0.15) is 13.8 Å². The minimum absolute atomic E-state index is 0.0349. The number of hydrogen-bond acceptors (Lipinski definition) is 8. The molecule has 0 saturated heterocycles. The molecule has 0 saturated carbocycles. The van der Waals surface area contributed by atoms with Crippen LogP contribution >= 0.6 is 0 Å². The van der Waals surface area contributed by atoms with E-state index in [1.54, 1.807) is 0 Å². The van der Waals surface area contributed by atoms with E-state index in [-0.39, 0.29) is 17.9 Å². The van der Waals surface area contributed by atoms with Crippen molar-refractivity contribution >= 4 is 17.8 Å². The number of hydrogen-bond donors (Lipinski definition) is 4. The van der Waals surface area contributed by atoms with Crippen LogP contribution in [0, 0.1) is 0 Å². The van der Waals surface area contributed by atoms with Gasteiger partial charge in [0.1, 0.15) is 0 Å². The molecule has 8 heteroatoms. The maximum atomic E-state index is 8.69. The van der Waals surface area contributed by atoms with E-state index in [0.717, 1.165) is 0 Å². The first-order valence-corrected chi connectivity index (χ1v) is 4.37. The van der Waals surface area contributed by atoms with Crippen LogP contribution in [-0.4, -0.2) is 33.3 Å². The summed E-state index contributed by atoms with van der Waals surface area (Å²) in [5.74, 6) is 0.580. The third kappa shape index (κ3) is 3.52. The Morgan fingerprint density at radius 2 is 1.73 bits per heavy atom. The van der Waals surface area contributed by atoms with E-state index < -0.39 is 0 Å². The van der Waals surface area contributed by atoms with Crippen molar-refractivity contribution in [3.8, 4) is 0 Å². The van der Waals surface area contributed by atoms with Crippen LogP contribution in [0.15, 0.2) is 0 Å². The molecule has 1 aromatic heterocycles. The van der Waals surface area contributed by atoms with Crippen LogP contribution in [0.5, 0.6) is 0 Å². The summed E-state index contributed by atoms with van der Waals surface area (Å²) in [6, 6.07) is 0.175. The van der Waals surface area contributed by atoms with E-state index in [0.29, 0.717) is 5.95 Å². The van der Waals surface area contributed by atoms with E-state index in [9.17, 15) is 0 Å². The Kier molecular flexibility index (Phi) is 4.01. The summed E-state index contributed by atoms with van der Waals surface area (Å²) in [6.07, 6.45) is 0. The van der Waals surface area contributed by atoms with Crippen molar-refractivity contribution in [3.63, 3.8) is 0 Å². The Balaban J connectivity index is 2.89. The molecule has 0 aliphatic heterocycles. The van der Waals surface area contributed by atoms with Crippen LogP contribution < -0.4 is 16.3 Å². The molecule has 4 N–H and O–H groups in total. The van der Waals surface area contributed by atoms with Crippen molar-refractivity contribution in [2.24, 2.45) is 0 Å². The zero-order valence-electron chi connectivity index (χ0n) is 8.77. The average molecular weight is 214 g/mol. The van der Waals surface area contributed by atoms with E-state index in [1.807, 2.05) is 19.3 Å². The van der Waals surface area contributed by atoms with Crippen molar-refractivity contribution in [2.45, 2.75) is 19.9 Å². The van der Waals surface area contributed by atoms with Gasteiger partial charge in [-0.25, -0.2) is 11.0 Å². The van der Waals surface area contributed by atoms with Crippen molar-refractivity contribution < 1.29 is 10.0 Å². The standard InChI is InChI=1S/C7H14N6O2/c1-4(2)8-5-9-6(12-14)11-7(10-5)13-15-3/h4,14H,1-3H3,(H3,8,9,10,11,12,13). The molecule has 1 heterocycles. The van der Waals surface area contributed by atoms with Gasteiger partial charge in [0.05, 0.1) is 7.11 Å². The monoisotopic (exact) mass is 214 g/mol. The number of nitrogens with one attached hydrogen (secondary N) is 3. The topological polar surface area (TPSA) is 104 Å². The Bertz CT molecular complexity index is 318. The summed E-state index contributed by atoms with van der Waals surface area (Å²) >= 11 is 0. The number of nitrogens with zero attached hydrogens (tertiary/aromatic N) is 3. The fraction of sp³-hybridized carbons (Fsp3) is 0.571. The number of rotatable bonds is 5. The van der Waals surface area contributed by atoms with Gasteiger partial charge in [-0.3, -0.25) is 10.0 Å². The second-order valence-corrected chi connectivity index (χ2v) is 3.02. The minimum atomic E-state index is 0.0349. The molecule has 1 rings (SSSR count). The summed E-state index contributed by atoms with van der Waals surface area (Å²) in [6.45, 7) is 3.89. The summed E-state index contributed by atoms with van der Waals surface area (Å²) in [5.41, 5.74) is 4.28. The first-order chi connectivity index (χ1) is 7.15. The SMILES string of the molecule is CONc1nc(NO)nc(NC(C)C)n1. The van der Waals surface area contributed by atoms with Gasteiger partial charge in [-0.1, -0.05) is 0 Å². The smallest absolute Gasteiger partial charge is 0.253 e. The van der Waals surface area contributed by atoms with Crippen LogP contribution in [0.3, 0.4) is 0 Å². The van der Waals surface area contributed by atoms with Gasteiger partial charge in [0.25, 0.3) is 11.9 Å². The molecule has 0 unspecified atom stereocenters. The molecular formula is C7H14N6O2. The Morgan fingerprint density at radius 1 is 1.13 bits per heavy atom. The predicted molar refractivity (Wildman–Crippen MR) is 54.6 cm³/mol. The quantitative estimate of drug-likeness (QED) is 0.524.